The Balaban J connectivity index is 2.30. The van der Waals surface area contributed by atoms with Crippen molar-refractivity contribution in [2.24, 2.45) is 0 Å². The van der Waals surface area contributed by atoms with E-state index in [1.165, 1.54) is 12.1 Å². The molecule has 1 aromatic carbocycles. The Hall–Kier alpha value is -1.09. The maximum atomic E-state index is 12.7. The van der Waals surface area contributed by atoms with Crippen molar-refractivity contribution >= 4 is 5.69 Å². The van der Waals surface area contributed by atoms with Gasteiger partial charge >= 0.3 is 0 Å². The van der Waals surface area contributed by atoms with Crippen LogP contribution in [0.3, 0.4) is 0 Å². The fourth-order valence-electron chi connectivity index (χ4n) is 1.51. The van der Waals surface area contributed by atoms with E-state index in [-0.39, 0.29) is 18.5 Å². The van der Waals surface area contributed by atoms with E-state index >= 15 is 0 Å². The molecule has 1 unspecified atom stereocenters. The van der Waals surface area contributed by atoms with Gasteiger partial charge in [-0.3, -0.25) is 0 Å². The zero-order valence-corrected chi connectivity index (χ0v) is 6.55. The predicted octanol–water partition coefficient (Wildman–Crippen LogP) is 1.15. The van der Waals surface area contributed by atoms with Crippen molar-refractivity contribution in [1.82, 2.24) is 0 Å². The summed E-state index contributed by atoms with van der Waals surface area (Å²) in [5.41, 5.74) is 1.89. The Kier molecular flexibility index (Phi) is 1.73. The van der Waals surface area contributed by atoms with Crippen LogP contribution in [0.15, 0.2) is 18.2 Å². The number of benzene rings is 1. The summed E-state index contributed by atoms with van der Waals surface area (Å²) < 4.78 is 12.7. The maximum Gasteiger partial charge on any atom is 0.125 e. The minimum atomic E-state index is -0.236. The molecule has 2 rings (SSSR count). The first kappa shape index (κ1) is 7.55. The van der Waals surface area contributed by atoms with Crippen molar-refractivity contribution in [3.05, 3.63) is 29.6 Å². The zero-order valence-electron chi connectivity index (χ0n) is 6.55. The monoisotopic (exact) mass is 167 g/mol. The van der Waals surface area contributed by atoms with Crippen LogP contribution >= 0.6 is 0 Å². The molecule has 2 N–H and O–H groups in total. The molecule has 0 saturated carbocycles. The summed E-state index contributed by atoms with van der Waals surface area (Å²) >= 11 is 0. The van der Waals surface area contributed by atoms with Crippen LogP contribution in [-0.4, -0.2) is 17.8 Å². The molecule has 0 radical (unpaired) electrons. The van der Waals surface area contributed by atoms with Crippen LogP contribution in [0.4, 0.5) is 10.1 Å². The van der Waals surface area contributed by atoms with E-state index < -0.39 is 0 Å². The van der Waals surface area contributed by atoms with Crippen LogP contribution in [0.2, 0.25) is 0 Å². The molecule has 1 atom stereocenters. The molecule has 1 aliphatic heterocycles. The lowest BCUT2D eigenvalue weighted by Crippen LogP contribution is -2.19. The van der Waals surface area contributed by atoms with Crippen LogP contribution in [-0.2, 0) is 6.42 Å². The summed E-state index contributed by atoms with van der Waals surface area (Å²) in [6.07, 6.45) is 0.784. The second-order valence-corrected chi connectivity index (χ2v) is 3.03. The molecule has 0 aromatic heterocycles. The molecule has 0 aliphatic carbocycles. The number of hydrogen-bond acceptors (Lipinski definition) is 2. The van der Waals surface area contributed by atoms with Crippen LogP contribution in [0.25, 0.3) is 0 Å². The molecule has 2 nitrogen and oxygen atoms in total. The van der Waals surface area contributed by atoms with Gasteiger partial charge in [0.1, 0.15) is 5.82 Å². The number of aliphatic hydroxyl groups is 1. The number of nitrogens with one attached hydrogen (secondary N) is 1. The largest absolute Gasteiger partial charge is 0.394 e. The molecule has 0 saturated heterocycles. The summed E-state index contributed by atoms with van der Waals surface area (Å²) in [4.78, 5) is 0. The molecule has 0 spiro atoms. The van der Waals surface area contributed by atoms with Crippen LogP contribution in [0.1, 0.15) is 5.56 Å². The summed E-state index contributed by atoms with van der Waals surface area (Å²) in [5.74, 6) is -0.236. The normalized spacial score (nSPS) is 20.3. The van der Waals surface area contributed by atoms with Gasteiger partial charge in [0.2, 0.25) is 0 Å². The fourth-order valence-corrected chi connectivity index (χ4v) is 1.51. The molecule has 0 fully saturated rings. The number of fused-ring (bicyclic) bond motifs is 1. The minimum Gasteiger partial charge on any atom is -0.394 e. The third-order valence-corrected chi connectivity index (χ3v) is 2.12. The first-order chi connectivity index (χ1) is 5.79. The Bertz CT molecular complexity index is 301. The lowest BCUT2D eigenvalue weighted by Gasteiger charge is -2.05. The van der Waals surface area contributed by atoms with E-state index in [1.54, 1.807) is 6.07 Å². The van der Waals surface area contributed by atoms with Gasteiger partial charge in [-0.2, -0.15) is 0 Å². The number of hydrogen-bond donors (Lipinski definition) is 2. The Morgan fingerprint density at radius 2 is 2.42 bits per heavy atom. The molecule has 1 aromatic rings. The Labute approximate surface area is 70.0 Å². The average Bonchev–Trinajstić information content (AvgIpc) is 2.46. The van der Waals surface area contributed by atoms with Gasteiger partial charge in [0.25, 0.3) is 0 Å². The third-order valence-electron chi connectivity index (χ3n) is 2.12. The van der Waals surface area contributed by atoms with Crippen LogP contribution < -0.4 is 5.32 Å². The topological polar surface area (TPSA) is 32.3 Å². The van der Waals surface area contributed by atoms with Crippen LogP contribution in [0.5, 0.6) is 0 Å². The number of anilines is 1. The first-order valence-electron chi connectivity index (χ1n) is 3.95. The summed E-state index contributed by atoms with van der Waals surface area (Å²) in [5, 5.41) is 11.9. The number of aliphatic hydroxyl groups excluding tert-OH is 1. The lowest BCUT2D eigenvalue weighted by molar-refractivity contribution is 0.277. The SMILES string of the molecule is OCC1Cc2ccc(F)cc2N1. The molecule has 1 aliphatic rings. The van der Waals surface area contributed by atoms with Gasteiger partial charge in [-0.05, 0) is 24.1 Å². The van der Waals surface area contributed by atoms with E-state index in [1.807, 2.05) is 0 Å². The van der Waals surface area contributed by atoms with Crippen molar-refractivity contribution in [3.63, 3.8) is 0 Å². The van der Waals surface area contributed by atoms with E-state index in [9.17, 15) is 4.39 Å². The highest BCUT2D eigenvalue weighted by Gasteiger charge is 2.19. The summed E-state index contributed by atoms with van der Waals surface area (Å²) in [6.45, 7) is 0.0936. The highest BCUT2D eigenvalue weighted by Crippen LogP contribution is 2.25. The van der Waals surface area contributed by atoms with Gasteiger partial charge in [-0.25, -0.2) is 4.39 Å². The summed E-state index contributed by atoms with van der Waals surface area (Å²) in [7, 11) is 0. The third kappa shape index (κ3) is 1.16. The summed E-state index contributed by atoms with van der Waals surface area (Å²) in [6, 6.07) is 4.72. The highest BCUT2D eigenvalue weighted by molar-refractivity contribution is 5.56. The van der Waals surface area contributed by atoms with Crippen LogP contribution in [0, 0.1) is 5.82 Å². The average molecular weight is 167 g/mol. The van der Waals surface area contributed by atoms with E-state index in [4.69, 9.17) is 5.11 Å². The molecule has 0 amide bonds. The second kappa shape index (κ2) is 2.75. The quantitative estimate of drug-likeness (QED) is 0.657. The van der Waals surface area contributed by atoms with Gasteiger partial charge < -0.3 is 10.4 Å². The molecular weight excluding hydrogens is 157 g/mol. The smallest absolute Gasteiger partial charge is 0.125 e. The maximum absolute atomic E-state index is 12.7. The zero-order chi connectivity index (χ0) is 8.55. The van der Waals surface area contributed by atoms with Crippen molar-refractivity contribution in [2.45, 2.75) is 12.5 Å². The minimum absolute atomic E-state index is 0.0572. The Morgan fingerprint density at radius 1 is 1.58 bits per heavy atom. The van der Waals surface area contributed by atoms with Crippen molar-refractivity contribution < 1.29 is 9.50 Å². The van der Waals surface area contributed by atoms with Gasteiger partial charge in [-0.1, -0.05) is 6.07 Å². The van der Waals surface area contributed by atoms with E-state index in [0.717, 1.165) is 17.7 Å². The second-order valence-electron chi connectivity index (χ2n) is 3.03. The Morgan fingerprint density at radius 3 is 3.17 bits per heavy atom. The highest BCUT2D eigenvalue weighted by atomic mass is 19.1. The first-order valence-corrected chi connectivity index (χ1v) is 3.95. The van der Waals surface area contributed by atoms with Crippen molar-refractivity contribution in [2.75, 3.05) is 11.9 Å². The molecular formula is C9H10FNO. The molecule has 0 bridgehead atoms. The van der Waals surface area contributed by atoms with Gasteiger partial charge in [0.05, 0.1) is 12.6 Å². The van der Waals surface area contributed by atoms with Crippen molar-refractivity contribution in [1.29, 1.82) is 0 Å². The van der Waals surface area contributed by atoms with Gasteiger partial charge in [0.15, 0.2) is 0 Å². The standard InChI is InChI=1S/C9H10FNO/c10-7-2-1-6-3-8(5-12)11-9(6)4-7/h1-2,4,8,11-12H,3,5H2. The van der Waals surface area contributed by atoms with E-state index in [2.05, 4.69) is 5.32 Å². The van der Waals surface area contributed by atoms with Gasteiger partial charge in [0, 0.05) is 5.69 Å². The van der Waals surface area contributed by atoms with Crippen molar-refractivity contribution in [3.8, 4) is 0 Å². The molecule has 1 heterocycles. The fraction of sp³-hybridized carbons (Fsp3) is 0.333. The lowest BCUT2D eigenvalue weighted by atomic mass is 10.1. The number of rotatable bonds is 1. The number of halogens is 1. The van der Waals surface area contributed by atoms with E-state index in [0.29, 0.717) is 0 Å². The molecule has 64 valence electrons. The predicted molar refractivity (Wildman–Crippen MR) is 44.6 cm³/mol. The molecule has 3 heteroatoms. The van der Waals surface area contributed by atoms with Gasteiger partial charge in [-0.15, -0.1) is 0 Å². The molecule has 12 heavy (non-hydrogen) atoms.